The van der Waals surface area contributed by atoms with Crippen molar-refractivity contribution in [3.63, 3.8) is 0 Å². The minimum Gasteiger partial charge on any atom is -0.353 e. The van der Waals surface area contributed by atoms with Gasteiger partial charge in [0, 0.05) is 11.9 Å². The van der Waals surface area contributed by atoms with Gasteiger partial charge < -0.3 is 9.47 Å². The number of alkyl halides is 1. The molecule has 0 saturated carbocycles. The van der Waals surface area contributed by atoms with Crippen LogP contribution in [0.1, 0.15) is 32.6 Å². The van der Waals surface area contributed by atoms with Crippen LogP contribution >= 0.6 is 15.9 Å². The van der Waals surface area contributed by atoms with E-state index < -0.39 is 0 Å². The van der Waals surface area contributed by atoms with Crippen molar-refractivity contribution < 1.29 is 9.47 Å². The molecule has 1 rings (SSSR count). The molecule has 0 aromatic heterocycles. The fourth-order valence-corrected chi connectivity index (χ4v) is 1.94. The first-order chi connectivity index (χ1) is 5.83. The third-order valence-electron chi connectivity index (χ3n) is 2.04. The van der Waals surface area contributed by atoms with Crippen LogP contribution in [0, 0.1) is 0 Å². The minimum atomic E-state index is 0.0628. The van der Waals surface area contributed by atoms with Gasteiger partial charge in [0.15, 0.2) is 6.29 Å². The summed E-state index contributed by atoms with van der Waals surface area (Å²) in [5.74, 6) is 0. The molecule has 0 N–H and O–H groups in total. The van der Waals surface area contributed by atoms with Gasteiger partial charge in [-0.25, -0.2) is 0 Å². The van der Waals surface area contributed by atoms with Crippen molar-refractivity contribution in [1.82, 2.24) is 0 Å². The SMILES string of the molecule is C[C@H](CCBr)O[C@@H]1CCCCO1. The molecule has 12 heavy (non-hydrogen) atoms. The molecule has 1 saturated heterocycles. The van der Waals surface area contributed by atoms with Crippen molar-refractivity contribution >= 4 is 15.9 Å². The molecule has 0 aromatic rings. The van der Waals surface area contributed by atoms with Gasteiger partial charge in [-0.05, 0) is 32.6 Å². The van der Waals surface area contributed by atoms with Crippen LogP contribution in [-0.2, 0) is 9.47 Å². The van der Waals surface area contributed by atoms with Crippen LogP contribution in [0.15, 0.2) is 0 Å². The lowest BCUT2D eigenvalue weighted by Crippen LogP contribution is -2.26. The first-order valence-corrected chi connectivity index (χ1v) is 5.78. The van der Waals surface area contributed by atoms with Crippen LogP contribution in [0.3, 0.4) is 0 Å². The van der Waals surface area contributed by atoms with Gasteiger partial charge in [0.25, 0.3) is 0 Å². The summed E-state index contributed by atoms with van der Waals surface area (Å²) < 4.78 is 11.1. The maximum Gasteiger partial charge on any atom is 0.157 e. The van der Waals surface area contributed by atoms with E-state index in [1.54, 1.807) is 0 Å². The number of hydrogen-bond acceptors (Lipinski definition) is 2. The van der Waals surface area contributed by atoms with Gasteiger partial charge in [0.05, 0.1) is 6.10 Å². The van der Waals surface area contributed by atoms with Crippen LogP contribution < -0.4 is 0 Å². The Balaban J connectivity index is 2.11. The maximum atomic E-state index is 5.68. The quantitative estimate of drug-likeness (QED) is 0.700. The van der Waals surface area contributed by atoms with E-state index in [1.807, 2.05) is 0 Å². The van der Waals surface area contributed by atoms with Crippen molar-refractivity contribution in [2.24, 2.45) is 0 Å². The van der Waals surface area contributed by atoms with Crippen LogP contribution in [-0.4, -0.2) is 24.3 Å². The Labute approximate surface area is 82.7 Å². The lowest BCUT2D eigenvalue weighted by Gasteiger charge is -2.25. The highest BCUT2D eigenvalue weighted by atomic mass is 79.9. The van der Waals surface area contributed by atoms with Crippen LogP contribution in [0.5, 0.6) is 0 Å². The van der Waals surface area contributed by atoms with Gasteiger partial charge in [-0.1, -0.05) is 15.9 Å². The Kier molecular flexibility index (Phi) is 5.19. The Bertz CT molecular complexity index is 113. The highest BCUT2D eigenvalue weighted by Crippen LogP contribution is 2.16. The molecule has 3 heteroatoms. The zero-order valence-corrected chi connectivity index (χ0v) is 9.18. The standard InChI is InChI=1S/C9H17BrO2/c1-8(5-6-10)12-9-4-2-3-7-11-9/h8-9H,2-7H2,1H3/t8-,9-/m1/s1. The van der Waals surface area contributed by atoms with E-state index in [2.05, 4.69) is 22.9 Å². The average Bonchev–Trinajstić information content (AvgIpc) is 2.06. The smallest absolute Gasteiger partial charge is 0.157 e. The van der Waals surface area contributed by atoms with Crippen LogP contribution in [0.2, 0.25) is 0 Å². The van der Waals surface area contributed by atoms with Crippen LogP contribution in [0.4, 0.5) is 0 Å². The molecule has 0 spiro atoms. The molecule has 0 radical (unpaired) electrons. The molecular weight excluding hydrogens is 220 g/mol. The van der Waals surface area contributed by atoms with Crippen molar-refractivity contribution in [1.29, 1.82) is 0 Å². The summed E-state index contributed by atoms with van der Waals surface area (Å²) in [6.45, 7) is 2.96. The minimum absolute atomic E-state index is 0.0628. The van der Waals surface area contributed by atoms with E-state index in [0.717, 1.165) is 24.8 Å². The summed E-state index contributed by atoms with van der Waals surface area (Å²) in [5, 5.41) is 1.00. The van der Waals surface area contributed by atoms with E-state index >= 15 is 0 Å². The second-order valence-electron chi connectivity index (χ2n) is 3.22. The Morgan fingerprint density at radius 2 is 2.42 bits per heavy atom. The topological polar surface area (TPSA) is 18.5 Å². The number of halogens is 1. The molecular formula is C9H17BrO2. The molecule has 0 amide bonds. The summed E-state index contributed by atoms with van der Waals surface area (Å²) >= 11 is 3.39. The summed E-state index contributed by atoms with van der Waals surface area (Å²) in [6.07, 6.45) is 4.92. The van der Waals surface area contributed by atoms with E-state index in [-0.39, 0.29) is 6.29 Å². The molecule has 0 aromatic carbocycles. The number of rotatable bonds is 4. The summed E-state index contributed by atoms with van der Waals surface area (Å²) in [4.78, 5) is 0. The summed E-state index contributed by atoms with van der Waals surface area (Å²) in [7, 11) is 0. The third-order valence-corrected chi connectivity index (χ3v) is 2.50. The van der Waals surface area contributed by atoms with Crippen molar-refractivity contribution in [3.8, 4) is 0 Å². The Hall–Kier alpha value is 0.400. The summed E-state index contributed by atoms with van der Waals surface area (Å²) in [5.41, 5.74) is 0. The zero-order chi connectivity index (χ0) is 8.81. The third kappa shape index (κ3) is 3.87. The van der Waals surface area contributed by atoms with Crippen molar-refractivity contribution in [3.05, 3.63) is 0 Å². The van der Waals surface area contributed by atoms with Gasteiger partial charge in [-0.2, -0.15) is 0 Å². The predicted octanol–water partition coefficient (Wildman–Crippen LogP) is 2.70. The van der Waals surface area contributed by atoms with Gasteiger partial charge in [-0.15, -0.1) is 0 Å². The first-order valence-electron chi connectivity index (χ1n) is 4.66. The molecule has 1 aliphatic rings. The molecule has 0 unspecified atom stereocenters. The molecule has 2 nitrogen and oxygen atoms in total. The molecule has 1 fully saturated rings. The second kappa shape index (κ2) is 5.95. The fourth-order valence-electron chi connectivity index (χ4n) is 1.30. The molecule has 0 aliphatic carbocycles. The van der Waals surface area contributed by atoms with E-state index in [4.69, 9.17) is 9.47 Å². The normalized spacial score (nSPS) is 27.0. The lowest BCUT2D eigenvalue weighted by molar-refractivity contribution is -0.184. The largest absolute Gasteiger partial charge is 0.353 e. The van der Waals surface area contributed by atoms with Gasteiger partial charge >= 0.3 is 0 Å². The Morgan fingerprint density at radius 3 is 3.00 bits per heavy atom. The fraction of sp³-hybridized carbons (Fsp3) is 1.00. The van der Waals surface area contributed by atoms with Gasteiger partial charge in [-0.3, -0.25) is 0 Å². The van der Waals surface area contributed by atoms with E-state index in [0.29, 0.717) is 6.10 Å². The van der Waals surface area contributed by atoms with Gasteiger partial charge in [0.1, 0.15) is 0 Å². The van der Waals surface area contributed by atoms with Crippen LogP contribution in [0.25, 0.3) is 0 Å². The first kappa shape index (κ1) is 10.5. The van der Waals surface area contributed by atoms with Gasteiger partial charge in [0.2, 0.25) is 0 Å². The number of hydrogen-bond donors (Lipinski definition) is 0. The predicted molar refractivity (Wildman–Crippen MR) is 52.5 cm³/mol. The Morgan fingerprint density at radius 1 is 1.58 bits per heavy atom. The van der Waals surface area contributed by atoms with E-state index in [1.165, 1.54) is 12.8 Å². The maximum absolute atomic E-state index is 5.68. The van der Waals surface area contributed by atoms with E-state index in [9.17, 15) is 0 Å². The average molecular weight is 237 g/mol. The summed E-state index contributed by atoms with van der Waals surface area (Å²) in [6, 6.07) is 0. The zero-order valence-electron chi connectivity index (χ0n) is 7.59. The highest BCUT2D eigenvalue weighted by Gasteiger charge is 2.16. The molecule has 72 valence electrons. The number of ether oxygens (including phenoxy) is 2. The molecule has 1 heterocycles. The molecule has 1 aliphatic heterocycles. The van der Waals surface area contributed by atoms with Crippen molar-refractivity contribution in [2.45, 2.75) is 45.0 Å². The molecule has 2 atom stereocenters. The highest BCUT2D eigenvalue weighted by molar-refractivity contribution is 9.09. The monoisotopic (exact) mass is 236 g/mol. The van der Waals surface area contributed by atoms with Crippen molar-refractivity contribution in [2.75, 3.05) is 11.9 Å². The second-order valence-corrected chi connectivity index (χ2v) is 4.01. The molecule has 0 bridgehead atoms. The lowest BCUT2D eigenvalue weighted by atomic mass is 10.2.